The lowest BCUT2D eigenvalue weighted by Crippen LogP contribution is -2.27. The van der Waals surface area contributed by atoms with E-state index >= 15 is 0 Å². The predicted molar refractivity (Wildman–Crippen MR) is 91.3 cm³/mol. The van der Waals surface area contributed by atoms with Gasteiger partial charge in [0.25, 0.3) is 17.2 Å². The molecule has 1 N–H and O–H groups in total. The molecule has 0 radical (unpaired) electrons. The van der Waals surface area contributed by atoms with Crippen molar-refractivity contribution in [1.82, 2.24) is 15.1 Å². The highest BCUT2D eigenvalue weighted by atomic mass is 16.6. The molecule has 2 aromatic carbocycles. The summed E-state index contributed by atoms with van der Waals surface area (Å²) in [6, 6.07) is 12.7. The predicted octanol–water partition coefficient (Wildman–Crippen LogP) is 1.77. The number of amides is 1. The largest absolute Gasteiger partial charge is 0.346 e. The quantitative estimate of drug-likeness (QED) is 0.576. The van der Waals surface area contributed by atoms with E-state index in [9.17, 15) is 19.7 Å². The number of nitrogens with zero attached hydrogens (tertiary/aromatic N) is 3. The maximum absolute atomic E-state index is 12.3. The standard InChI is InChI=1S/C17H14N4O4/c1-20-17(23)12-7-3-2-6-11(12)14(19-20)10-18-16(22)13-8-4-5-9-15(13)21(24)25/h2-9H,10H2,1H3,(H,18,22). The molecule has 0 fully saturated rings. The molecule has 0 saturated carbocycles. The summed E-state index contributed by atoms with van der Waals surface area (Å²) >= 11 is 0. The van der Waals surface area contributed by atoms with Gasteiger partial charge in [0, 0.05) is 18.5 Å². The van der Waals surface area contributed by atoms with E-state index in [1.54, 1.807) is 30.3 Å². The number of rotatable bonds is 4. The van der Waals surface area contributed by atoms with Crippen molar-refractivity contribution < 1.29 is 9.72 Å². The number of carbonyl (C=O) groups excluding carboxylic acids is 1. The number of hydrogen-bond acceptors (Lipinski definition) is 5. The molecule has 1 heterocycles. The fourth-order valence-electron chi connectivity index (χ4n) is 2.59. The van der Waals surface area contributed by atoms with Crippen molar-refractivity contribution >= 4 is 22.4 Å². The molecule has 0 unspecified atom stereocenters. The number of fused-ring (bicyclic) bond motifs is 1. The van der Waals surface area contributed by atoms with Gasteiger partial charge in [-0.3, -0.25) is 19.7 Å². The molecule has 0 bridgehead atoms. The third-order valence-electron chi connectivity index (χ3n) is 3.79. The van der Waals surface area contributed by atoms with Crippen molar-refractivity contribution in [3.05, 3.63) is 80.3 Å². The van der Waals surface area contributed by atoms with Crippen LogP contribution in [0.4, 0.5) is 5.69 Å². The molecule has 3 aromatic rings. The average Bonchev–Trinajstić information content (AvgIpc) is 2.63. The summed E-state index contributed by atoms with van der Waals surface area (Å²) < 4.78 is 1.20. The lowest BCUT2D eigenvalue weighted by atomic mass is 10.1. The van der Waals surface area contributed by atoms with Crippen LogP contribution in [0, 0.1) is 10.1 Å². The van der Waals surface area contributed by atoms with Crippen LogP contribution in [-0.2, 0) is 13.6 Å². The molecule has 8 heteroatoms. The number of aryl methyl sites for hydroxylation is 1. The van der Waals surface area contributed by atoms with Crippen LogP contribution < -0.4 is 10.9 Å². The molecule has 0 aliphatic carbocycles. The van der Waals surface area contributed by atoms with Crippen LogP contribution in [0.15, 0.2) is 53.3 Å². The van der Waals surface area contributed by atoms with Crippen molar-refractivity contribution in [2.24, 2.45) is 7.05 Å². The van der Waals surface area contributed by atoms with Crippen LogP contribution in [0.5, 0.6) is 0 Å². The molecular formula is C17H14N4O4. The highest BCUT2D eigenvalue weighted by Gasteiger charge is 2.19. The van der Waals surface area contributed by atoms with E-state index in [-0.39, 0.29) is 23.4 Å². The summed E-state index contributed by atoms with van der Waals surface area (Å²) in [6.45, 7) is 0.0412. The minimum atomic E-state index is -0.602. The number of para-hydroxylation sites is 1. The maximum atomic E-state index is 12.3. The fourth-order valence-corrected chi connectivity index (χ4v) is 2.59. The Hall–Kier alpha value is -3.55. The normalized spacial score (nSPS) is 10.6. The average molecular weight is 338 g/mol. The molecule has 3 rings (SSSR count). The van der Waals surface area contributed by atoms with Crippen LogP contribution in [0.1, 0.15) is 16.1 Å². The van der Waals surface area contributed by atoms with Gasteiger partial charge in [0.15, 0.2) is 0 Å². The van der Waals surface area contributed by atoms with E-state index in [1.807, 2.05) is 0 Å². The second-order valence-corrected chi connectivity index (χ2v) is 5.38. The van der Waals surface area contributed by atoms with Gasteiger partial charge in [-0.1, -0.05) is 30.3 Å². The molecule has 0 aliphatic heterocycles. The molecule has 25 heavy (non-hydrogen) atoms. The molecule has 1 aromatic heterocycles. The second-order valence-electron chi connectivity index (χ2n) is 5.38. The number of aromatic nitrogens is 2. The van der Waals surface area contributed by atoms with Gasteiger partial charge in [-0.15, -0.1) is 0 Å². The van der Waals surface area contributed by atoms with Gasteiger partial charge in [-0.05, 0) is 12.1 Å². The topological polar surface area (TPSA) is 107 Å². The van der Waals surface area contributed by atoms with Crippen molar-refractivity contribution in [2.75, 3.05) is 0 Å². The maximum Gasteiger partial charge on any atom is 0.282 e. The summed E-state index contributed by atoms with van der Waals surface area (Å²) in [4.78, 5) is 34.8. The van der Waals surface area contributed by atoms with E-state index in [0.29, 0.717) is 16.5 Å². The Kier molecular flexibility index (Phi) is 4.25. The SMILES string of the molecule is Cn1nc(CNC(=O)c2ccccc2[N+](=O)[O-])c2ccccc2c1=O. The number of carbonyl (C=O) groups is 1. The fraction of sp³-hybridized carbons (Fsp3) is 0.118. The van der Waals surface area contributed by atoms with Crippen molar-refractivity contribution in [3.8, 4) is 0 Å². The molecule has 1 amide bonds. The third-order valence-corrected chi connectivity index (χ3v) is 3.79. The zero-order valence-electron chi connectivity index (χ0n) is 13.3. The minimum absolute atomic E-state index is 0.0263. The second kappa shape index (κ2) is 6.52. The van der Waals surface area contributed by atoms with Gasteiger partial charge in [0.05, 0.1) is 22.5 Å². The first-order valence-corrected chi connectivity index (χ1v) is 7.45. The van der Waals surface area contributed by atoms with Crippen molar-refractivity contribution in [2.45, 2.75) is 6.54 Å². The van der Waals surface area contributed by atoms with E-state index in [2.05, 4.69) is 10.4 Å². The van der Waals surface area contributed by atoms with E-state index < -0.39 is 10.8 Å². The smallest absolute Gasteiger partial charge is 0.282 e. The van der Waals surface area contributed by atoms with Crippen LogP contribution in [0.3, 0.4) is 0 Å². The first kappa shape index (κ1) is 16.3. The van der Waals surface area contributed by atoms with Gasteiger partial charge in [0.2, 0.25) is 0 Å². The first-order valence-electron chi connectivity index (χ1n) is 7.45. The third kappa shape index (κ3) is 3.09. The van der Waals surface area contributed by atoms with Crippen LogP contribution in [0.2, 0.25) is 0 Å². The molecule has 0 spiro atoms. The molecule has 0 atom stereocenters. The summed E-state index contributed by atoms with van der Waals surface area (Å²) in [7, 11) is 1.53. The molecule has 126 valence electrons. The molecule has 0 saturated heterocycles. The van der Waals surface area contributed by atoms with Crippen LogP contribution in [-0.4, -0.2) is 20.6 Å². The zero-order chi connectivity index (χ0) is 18.0. The number of nitrogens with one attached hydrogen (secondary N) is 1. The van der Waals surface area contributed by atoms with Gasteiger partial charge in [-0.25, -0.2) is 4.68 Å². The van der Waals surface area contributed by atoms with Crippen molar-refractivity contribution in [1.29, 1.82) is 0 Å². The summed E-state index contributed by atoms with van der Waals surface area (Å²) in [5.74, 6) is -0.577. The van der Waals surface area contributed by atoms with E-state index in [4.69, 9.17) is 0 Å². The monoisotopic (exact) mass is 338 g/mol. The lowest BCUT2D eigenvalue weighted by molar-refractivity contribution is -0.385. The lowest BCUT2D eigenvalue weighted by Gasteiger charge is -2.09. The Labute approximate surface area is 141 Å². The number of nitro benzene ring substituents is 1. The number of benzene rings is 2. The highest BCUT2D eigenvalue weighted by Crippen LogP contribution is 2.18. The van der Waals surface area contributed by atoms with E-state index in [0.717, 1.165) is 0 Å². The zero-order valence-corrected chi connectivity index (χ0v) is 13.3. The molecule has 0 aliphatic rings. The van der Waals surface area contributed by atoms with Gasteiger partial charge in [-0.2, -0.15) is 5.10 Å². The van der Waals surface area contributed by atoms with Crippen molar-refractivity contribution in [3.63, 3.8) is 0 Å². The summed E-state index contributed by atoms with van der Waals surface area (Å²) in [5.41, 5.74) is -0.0195. The Balaban J connectivity index is 1.92. The minimum Gasteiger partial charge on any atom is -0.346 e. The Morgan fingerprint density at radius 3 is 2.52 bits per heavy atom. The Bertz CT molecular complexity index is 1040. The Morgan fingerprint density at radius 1 is 1.16 bits per heavy atom. The van der Waals surface area contributed by atoms with Crippen LogP contribution >= 0.6 is 0 Å². The molecular weight excluding hydrogens is 324 g/mol. The van der Waals surface area contributed by atoms with Crippen LogP contribution in [0.25, 0.3) is 10.8 Å². The summed E-state index contributed by atoms with van der Waals surface area (Å²) in [6.07, 6.45) is 0. The first-order chi connectivity index (χ1) is 12.0. The van der Waals surface area contributed by atoms with E-state index in [1.165, 1.54) is 29.9 Å². The molecule has 8 nitrogen and oxygen atoms in total. The Morgan fingerprint density at radius 2 is 1.80 bits per heavy atom. The number of nitro groups is 1. The number of hydrogen-bond donors (Lipinski definition) is 1. The van der Waals surface area contributed by atoms with Gasteiger partial charge >= 0.3 is 0 Å². The van der Waals surface area contributed by atoms with Gasteiger partial charge < -0.3 is 5.32 Å². The highest BCUT2D eigenvalue weighted by molar-refractivity contribution is 5.98. The summed E-state index contributed by atoms with van der Waals surface area (Å²) in [5, 5.41) is 19.0. The van der Waals surface area contributed by atoms with Gasteiger partial charge in [0.1, 0.15) is 5.56 Å².